The van der Waals surface area contributed by atoms with E-state index in [1.807, 2.05) is 11.1 Å². The van der Waals surface area contributed by atoms with Gasteiger partial charge in [-0.1, -0.05) is 18.1 Å². The maximum Gasteiger partial charge on any atom is -0.0226 e. The van der Waals surface area contributed by atoms with Crippen LogP contribution in [0.2, 0.25) is 0 Å². The maximum absolute atomic E-state index is 2.38. The van der Waals surface area contributed by atoms with E-state index in [1.54, 1.807) is 0 Å². The van der Waals surface area contributed by atoms with Crippen LogP contribution in [0.3, 0.4) is 0 Å². The van der Waals surface area contributed by atoms with Gasteiger partial charge >= 0.3 is 0 Å². The largest absolute Gasteiger partial charge is 0.0707 e. The Balaban J connectivity index is 2.11. The first kappa shape index (κ1) is 6.45. The van der Waals surface area contributed by atoms with Gasteiger partial charge in [-0.05, 0) is 44.4 Å². The third-order valence-electron chi connectivity index (χ3n) is 3.10. The van der Waals surface area contributed by atoms with Crippen LogP contribution in [0.15, 0.2) is 11.1 Å². The second-order valence-corrected chi connectivity index (χ2v) is 3.78. The Bertz CT molecular complexity index is 157. The van der Waals surface area contributed by atoms with E-state index < -0.39 is 0 Å². The highest BCUT2D eigenvalue weighted by atomic mass is 14.3. The molecule has 2 fully saturated rings. The fourth-order valence-corrected chi connectivity index (χ4v) is 2.23. The fourth-order valence-electron chi connectivity index (χ4n) is 2.23. The summed E-state index contributed by atoms with van der Waals surface area (Å²) >= 11 is 0. The van der Waals surface area contributed by atoms with E-state index in [9.17, 15) is 0 Å². The lowest BCUT2D eigenvalue weighted by Crippen LogP contribution is -2.13. The average molecular weight is 136 g/mol. The van der Waals surface area contributed by atoms with Crippen LogP contribution in [0.4, 0.5) is 0 Å². The highest BCUT2D eigenvalue weighted by Gasteiger charge is 2.23. The molecule has 0 aliphatic heterocycles. The Kier molecular flexibility index (Phi) is 1.55. The van der Waals surface area contributed by atoms with Crippen LogP contribution in [0.1, 0.15) is 45.4 Å². The summed E-state index contributed by atoms with van der Waals surface area (Å²) in [5.74, 6) is 0.952. The van der Waals surface area contributed by atoms with Crippen LogP contribution in [0, 0.1) is 5.92 Å². The smallest absolute Gasteiger partial charge is 0.0226 e. The summed E-state index contributed by atoms with van der Waals surface area (Å²) in [6, 6.07) is 0. The van der Waals surface area contributed by atoms with Gasteiger partial charge in [-0.2, -0.15) is 0 Å². The molecule has 1 unspecified atom stereocenters. The average Bonchev–Trinajstić information content (AvgIpc) is 2.37. The molecule has 2 aliphatic carbocycles. The van der Waals surface area contributed by atoms with Crippen molar-refractivity contribution in [2.75, 3.05) is 0 Å². The molecule has 0 aromatic carbocycles. The van der Waals surface area contributed by atoms with Gasteiger partial charge in [0.25, 0.3) is 0 Å². The van der Waals surface area contributed by atoms with E-state index >= 15 is 0 Å². The molecule has 0 aromatic heterocycles. The summed E-state index contributed by atoms with van der Waals surface area (Å²) in [4.78, 5) is 0. The van der Waals surface area contributed by atoms with Crippen LogP contribution in [-0.4, -0.2) is 0 Å². The molecule has 0 spiro atoms. The van der Waals surface area contributed by atoms with Gasteiger partial charge in [-0.25, -0.2) is 0 Å². The Hall–Kier alpha value is -0.260. The molecule has 2 saturated carbocycles. The normalized spacial score (nSPS) is 32.7. The molecule has 0 aromatic rings. The van der Waals surface area contributed by atoms with Crippen molar-refractivity contribution in [3.63, 3.8) is 0 Å². The van der Waals surface area contributed by atoms with Gasteiger partial charge in [0.15, 0.2) is 0 Å². The number of allylic oxidation sites excluding steroid dienone is 2. The zero-order chi connectivity index (χ0) is 6.97. The summed E-state index contributed by atoms with van der Waals surface area (Å²) in [6.45, 7) is 2.38. The molecule has 0 radical (unpaired) electrons. The zero-order valence-corrected chi connectivity index (χ0v) is 6.82. The maximum atomic E-state index is 2.38. The van der Waals surface area contributed by atoms with Crippen LogP contribution in [0.5, 0.6) is 0 Å². The van der Waals surface area contributed by atoms with Crippen molar-refractivity contribution >= 4 is 0 Å². The van der Waals surface area contributed by atoms with E-state index in [4.69, 9.17) is 0 Å². The van der Waals surface area contributed by atoms with E-state index in [1.165, 1.54) is 38.5 Å². The van der Waals surface area contributed by atoms with Gasteiger partial charge in [-0.3, -0.25) is 0 Å². The second kappa shape index (κ2) is 2.41. The Labute approximate surface area is 63.3 Å². The lowest BCUT2D eigenvalue weighted by Gasteiger charge is -2.28. The van der Waals surface area contributed by atoms with Gasteiger partial charge in [-0.15, -0.1) is 0 Å². The Morgan fingerprint density at radius 2 is 1.80 bits per heavy atom. The Morgan fingerprint density at radius 1 is 1.10 bits per heavy atom. The van der Waals surface area contributed by atoms with E-state index in [0.29, 0.717) is 0 Å². The first-order chi connectivity index (χ1) is 4.88. The molecular formula is C10H16. The second-order valence-electron chi connectivity index (χ2n) is 3.78. The highest BCUT2D eigenvalue weighted by Crippen LogP contribution is 2.40. The monoisotopic (exact) mass is 136 g/mol. The topological polar surface area (TPSA) is 0 Å². The number of hydrogen-bond donors (Lipinski definition) is 0. The van der Waals surface area contributed by atoms with Crippen molar-refractivity contribution in [1.82, 2.24) is 0 Å². The molecule has 0 amide bonds. The van der Waals surface area contributed by atoms with Gasteiger partial charge in [0.1, 0.15) is 0 Å². The molecule has 0 bridgehead atoms. The van der Waals surface area contributed by atoms with Crippen molar-refractivity contribution in [1.29, 1.82) is 0 Å². The summed E-state index contributed by atoms with van der Waals surface area (Å²) in [6.07, 6.45) is 8.67. The predicted molar refractivity (Wildman–Crippen MR) is 43.9 cm³/mol. The van der Waals surface area contributed by atoms with E-state index in [0.717, 1.165) is 5.92 Å². The molecule has 0 N–H and O–H groups in total. The van der Waals surface area contributed by atoms with Crippen molar-refractivity contribution in [3.05, 3.63) is 11.1 Å². The molecule has 2 aliphatic rings. The van der Waals surface area contributed by atoms with Crippen molar-refractivity contribution in [2.24, 2.45) is 5.92 Å². The summed E-state index contributed by atoms with van der Waals surface area (Å²) in [7, 11) is 0. The lowest BCUT2D eigenvalue weighted by molar-refractivity contribution is 0.473. The summed E-state index contributed by atoms with van der Waals surface area (Å²) in [5.41, 5.74) is 3.66. The molecule has 56 valence electrons. The van der Waals surface area contributed by atoms with Gasteiger partial charge < -0.3 is 0 Å². The standard InChI is InChI=1S/C10H16/c1-8-6-7-10(8)9-4-2-3-5-9/h8H,2-7H2,1H3. The molecule has 10 heavy (non-hydrogen) atoms. The minimum Gasteiger partial charge on any atom is -0.0707 e. The van der Waals surface area contributed by atoms with Gasteiger partial charge in [0.05, 0.1) is 0 Å². The molecular weight excluding hydrogens is 120 g/mol. The highest BCUT2D eigenvalue weighted by molar-refractivity contribution is 5.24. The molecule has 0 nitrogen and oxygen atoms in total. The minimum atomic E-state index is 0.952. The van der Waals surface area contributed by atoms with Crippen LogP contribution < -0.4 is 0 Å². The lowest BCUT2D eigenvalue weighted by atomic mass is 9.77. The van der Waals surface area contributed by atoms with Crippen LogP contribution in [-0.2, 0) is 0 Å². The summed E-state index contributed by atoms with van der Waals surface area (Å²) < 4.78 is 0. The third-order valence-corrected chi connectivity index (χ3v) is 3.10. The van der Waals surface area contributed by atoms with E-state index in [2.05, 4.69) is 6.92 Å². The third kappa shape index (κ3) is 0.902. The van der Waals surface area contributed by atoms with E-state index in [-0.39, 0.29) is 0 Å². The molecule has 0 heterocycles. The van der Waals surface area contributed by atoms with Crippen LogP contribution in [0.25, 0.3) is 0 Å². The zero-order valence-electron chi connectivity index (χ0n) is 6.82. The fraction of sp³-hybridized carbons (Fsp3) is 0.800. The van der Waals surface area contributed by atoms with Crippen molar-refractivity contribution < 1.29 is 0 Å². The number of rotatable bonds is 0. The number of hydrogen-bond acceptors (Lipinski definition) is 0. The molecule has 0 heteroatoms. The first-order valence-corrected chi connectivity index (χ1v) is 4.58. The van der Waals surface area contributed by atoms with Crippen molar-refractivity contribution in [2.45, 2.75) is 45.4 Å². The molecule has 2 rings (SSSR count). The molecule has 0 saturated heterocycles. The Morgan fingerprint density at radius 3 is 2.20 bits per heavy atom. The minimum absolute atomic E-state index is 0.952. The predicted octanol–water partition coefficient (Wildman–Crippen LogP) is 3.29. The quantitative estimate of drug-likeness (QED) is 0.448. The molecule has 1 atom stereocenters. The first-order valence-electron chi connectivity index (χ1n) is 4.58. The van der Waals surface area contributed by atoms with Crippen molar-refractivity contribution in [3.8, 4) is 0 Å². The van der Waals surface area contributed by atoms with Gasteiger partial charge in [0, 0.05) is 0 Å². The SMILES string of the molecule is CC1CCC1=C1CCCC1. The summed E-state index contributed by atoms with van der Waals surface area (Å²) in [5, 5.41) is 0. The van der Waals surface area contributed by atoms with Crippen LogP contribution >= 0.6 is 0 Å². The van der Waals surface area contributed by atoms with Gasteiger partial charge in [0.2, 0.25) is 0 Å².